The van der Waals surface area contributed by atoms with Crippen LogP contribution < -0.4 is 5.56 Å². The Morgan fingerprint density at radius 2 is 2.11 bits per heavy atom. The monoisotopic (exact) mass is 386 g/mol. The lowest BCUT2D eigenvalue weighted by molar-refractivity contribution is 0.933. The van der Waals surface area contributed by atoms with E-state index in [0.29, 0.717) is 5.65 Å². The summed E-state index contributed by atoms with van der Waals surface area (Å²) >= 11 is 3.47. The molecule has 0 bridgehead atoms. The zero-order chi connectivity index (χ0) is 12.9. The fourth-order valence-corrected chi connectivity index (χ4v) is 2.84. The molecule has 1 N–H and O–H groups in total. The summed E-state index contributed by atoms with van der Waals surface area (Å²) in [6, 6.07) is 3.19. The molecule has 0 radical (unpaired) electrons. The van der Waals surface area contributed by atoms with E-state index in [2.05, 4.69) is 30.9 Å². The number of aromatic amines is 1. The highest BCUT2D eigenvalue weighted by Gasteiger charge is 2.14. The number of rotatable bonds is 1. The van der Waals surface area contributed by atoms with E-state index in [1.807, 2.05) is 18.2 Å². The van der Waals surface area contributed by atoms with Crippen molar-refractivity contribution in [3.05, 3.63) is 38.6 Å². The summed E-state index contributed by atoms with van der Waals surface area (Å²) in [5.41, 5.74) is 3.10. The van der Waals surface area contributed by atoms with Gasteiger partial charge in [0.05, 0.1) is 5.69 Å². The van der Waals surface area contributed by atoms with Crippen LogP contribution in [0.15, 0.2) is 21.5 Å². The van der Waals surface area contributed by atoms with Crippen LogP contribution in [0.5, 0.6) is 0 Å². The first-order valence-corrected chi connectivity index (χ1v) is 6.47. The maximum atomic E-state index is 11.5. The van der Waals surface area contributed by atoms with Crippen LogP contribution in [0.1, 0.15) is 18.4 Å². The molecule has 0 aliphatic heterocycles. The molecule has 7 heteroatoms. The van der Waals surface area contributed by atoms with Crippen LogP contribution in [-0.4, -0.2) is 19.4 Å². The molecule has 0 atom stereocenters. The molecule has 3 aromatic heterocycles. The number of pyridine rings is 1. The first kappa shape index (κ1) is 14.2. The summed E-state index contributed by atoms with van der Waals surface area (Å²) in [7, 11) is 0. The molecular formula is C12H12Br2N4O. The number of fused-ring (bicyclic) bond motifs is 3. The number of aromatic nitrogens is 4. The normalized spacial score (nSPS) is 10.9. The fourth-order valence-electron chi connectivity index (χ4n) is 2.18. The molecule has 0 amide bonds. The Hall–Kier alpha value is -1.21. The van der Waals surface area contributed by atoms with Gasteiger partial charge in [0.1, 0.15) is 27.1 Å². The molecule has 3 aromatic rings. The molecule has 0 aromatic carbocycles. The Morgan fingerprint density at radius 1 is 1.37 bits per heavy atom. The third-order valence-electron chi connectivity index (χ3n) is 2.95. The molecule has 0 unspecified atom stereocenters. The minimum absolute atomic E-state index is 0. The molecular weight excluding hydrogens is 376 g/mol. The van der Waals surface area contributed by atoms with E-state index < -0.39 is 0 Å². The number of hydrogen-bond donors (Lipinski definition) is 1. The third-order valence-corrected chi connectivity index (χ3v) is 3.50. The largest absolute Gasteiger partial charge is 0.306 e. The lowest BCUT2D eigenvalue weighted by Gasteiger charge is -2.05. The Labute approximate surface area is 128 Å². The van der Waals surface area contributed by atoms with E-state index in [1.165, 1.54) is 6.07 Å². The van der Waals surface area contributed by atoms with E-state index in [0.717, 1.165) is 33.6 Å². The van der Waals surface area contributed by atoms with Crippen LogP contribution in [0.2, 0.25) is 0 Å². The zero-order valence-corrected chi connectivity index (χ0v) is 13.7. The number of imidazole rings is 1. The molecule has 19 heavy (non-hydrogen) atoms. The van der Waals surface area contributed by atoms with Crippen LogP contribution in [-0.2, 0) is 6.42 Å². The van der Waals surface area contributed by atoms with Gasteiger partial charge in [-0.2, -0.15) is 0 Å². The summed E-state index contributed by atoms with van der Waals surface area (Å²) in [5.74, 6) is 0.914. The molecule has 0 spiro atoms. The van der Waals surface area contributed by atoms with Crippen LogP contribution in [0.3, 0.4) is 0 Å². The van der Waals surface area contributed by atoms with Gasteiger partial charge in [-0.15, -0.1) is 17.0 Å². The second kappa shape index (κ2) is 5.05. The summed E-state index contributed by atoms with van der Waals surface area (Å²) in [4.78, 5) is 23.3. The number of nitrogens with one attached hydrogen (secondary N) is 1. The summed E-state index contributed by atoms with van der Waals surface area (Å²) in [6.45, 7) is 3.98. The van der Waals surface area contributed by atoms with Crippen molar-refractivity contribution in [2.45, 2.75) is 20.3 Å². The summed E-state index contributed by atoms with van der Waals surface area (Å²) in [6.07, 6.45) is 0.789. The van der Waals surface area contributed by atoms with Crippen molar-refractivity contribution in [2.75, 3.05) is 0 Å². The smallest absolute Gasteiger partial charge is 0.249 e. The minimum Gasteiger partial charge on any atom is -0.306 e. The average molecular weight is 388 g/mol. The standard InChI is InChI=1S/C12H11BrN4O.BrH/c1-3-8-14-6(2)10-11(13)15-7-4-5-9(18)16-12(7)17(8)10;/h4-5H,3H2,1-2H3,(H,16,18);1H. The Kier molecular flexibility index (Phi) is 3.78. The lowest BCUT2D eigenvalue weighted by atomic mass is 10.3. The molecule has 0 saturated heterocycles. The van der Waals surface area contributed by atoms with E-state index in [1.54, 1.807) is 6.07 Å². The van der Waals surface area contributed by atoms with Crippen molar-refractivity contribution in [1.29, 1.82) is 0 Å². The van der Waals surface area contributed by atoms with E-state index in [9.17, 15) is 4.79 Å². The molecule has 0 aliphatic carbocycles. The molecule has 100 valence electrons. The Balaban J connectivity index is 0.00000133. The molecule has 3 rings (SSSR count). The van der Waals surface area contributed by atoms with Gasteiger partial charge in [-0.3, -0.25) is 9.20 Å². The van der Waals surface area contributed by atoms with Gasteiger partial charge in [-0.1, -0.05) is 6.92 Å². The van der Waals surface area contributed by atoms with E-state index in [4.69, 9.17) is 0 Å². The molecule has 0 fully saturated rings. The third kappa shape index (κ3) is 2.10. The summed E-state index contributed by atoms with van der Waals surface area (Å²) in [5, 5.41) is 0. The molecule has 0 saturated carbocycles. The van der Waals surface area contributed by atoms with Gasteiger partial charge in [0.2, 0.25) is 5.56 Å². The van der Waals surface area contributed by atoms with Gasteiger partial charge < -0.3 is 4.98 Å². The first-order valence-electron chi connectivity index (χ1n) is 5.68. The lowest BCUT2D eigenvalue weighted by Crippen LogP contribution is -2.08. The van der Waals surface area contributed by atoms with Crippen LogP contribution >= 0.6 is 32.9 Å². The predicted molar refractivity (Wildman–Crippen MR) is 83.3 cm³/mol. The quantitative estimate of drug-likeness (QED) is 0.698. The highest BCUT2D eigenvalue weighted by molar-refractivity contribution is 9.10. The maximum Gasteiger partial charge on any atom is 0.249 e. The van der Waals surface area contributed by atoms with Crippen LogP contribution in [0.4, 0.5) is 0 Å². The highest BCUT2D eigenvalue weighted by Crippen LogP contribution is 2.24. The van der Waals surface area contributed by atoms with E-state index in [-0.39, 0.29) is 22.5 Å². The van der Waals surface area contributed by atoms with Crippen molar-refractivity contribution in [3.8, 4) is 0 Å². The van der Waals surface area contributed by atoms with Crippen molar-refractivity contribution in [2.24, 2.45) is 0 Å². The molecule has 5 nitrogen and oxygen atoms in total. The van der Waals surface area contributed by atoms with Gasteiger partial charge >= 0.3 is 0 Å². The number of halogens is 2. The van der Waals surface area contributed by atoms with Gasteiger partial charge in [0.25, 0.3) is 0 Å². The van der Waals surface area contributed by atoms with Crippen LogP contribution in [0.25, 0.3) is 16.7 Å². The van der Waals surface area contributed by atoms with Crippen molar-refractivity contribution >= 4 is 49.6 Å². The van der Waals surface area contributed by atoms with Crippen LogP contribution in [0, 0.1) is 6.92 Å². The second-order valence-corrected chi connectivity index (χ2v) is 4.86. The average Bonchev–Trinajstić information content (AvgIpc) is 2.68. The predicted octanol–water partition coefficient (Wildman–Crippen LogP) is 2.78. The maximum absolute atomic E-state index is 11.5. The second-order valence-electron chi connectivity index (χ2n) is 4.11. The van der Waals surface area contributed by atoms with Gasteiger partial charge in [-0.25, -0.2) is 9.97 Å². The number of nitrogens with zero attached hydrogens (tertiary/aromatic N) is 3. The Bertz CT molecular complexity index is 822. The van der Waals surface area contributed by atoms with Gasteiger partial charge in [0.15, 0.2) is 0 Å². The first-order chi connectivity index (χ1) is 8.61. The van der Waals surface area contributed by atoms with Crippen molar-refractivity contribution < 1.29 is 0 Å². The topological polar surface area (TPSA) is 63.0 Å². The fraction of sp³-hybridized carbons (Fsp3) is 0.250. The number of aryl methyl sites for hydroxylation is 2. The van der Waals surface area contributed by atoms with Crippen molar-refractivity contribution in [3.63, 3.8) is 0 Å². The van der Waals surface area contributed by atoms with Gasteiger partial charge in [0, 0.05) is 12.5 Å². The molecule has 0 aliphatic rings. The molecule has 3 heterocycles. The summed E-state index contributed by atoms with van der Waals surface area (Å²) < 4.78 is 2.70. The zero-order valence-electron chi connectivity index (χ0n) is 10.4. The number of H-pyrrole nitrogens is 1. The van der Waals surface area contributed by atoms with E-state index >= 15 is 0 Å². The number of hydrogen-bond acceptors (Lipinski definition) is 3. The van der Waals surface area contributed by atoms with Crippen molar-refractivity contribution in [1.82, 2.24) is 19.4 Å². The minimum atomic E-state index is -0.138. The van der Waals surface area contributed by atoms with Gasteiger partial charge in [-0.05, 0) is 28.9 Å². The highest BCUT2D eigenvalue weighted by atomic mass is 79.9. The SMILES string of the molecule is Br.CCc1nc(C)c2c(Br)nc3ccc(=O)[nH]c3n12. The Morgan fingerprint density at radius 3 is 2.79 bits per heavy atom.